The molecule has 1 fully saturated rings. The second kappa shape index (κ2) is 5.69. The molecule has 1 rings (SSSR count). The standard InChI is InChI=1S/C13H24N2O3/c1-8(2)7-9(14)11(16)15-10-5-4-6-13(10,3)12(17)18/h8-10H,4-7,14H2,1-3H3,(H,15,16)(H,17,18)/t9-,10?,13?/m0/s1. The zero-order valence-corrected chi connectivity index (χ0v) is 11.4. The van der Waals surface area contributed by atoms with Crippen LogP contribution in [0.3, 0.4) is 0 Å². The fourth-order valence-corrected chi connectivity index (χ4v) is 2.55. The maximum absolute atomic E-state index is 11.9. The van der Waals surface area contributed by atoms with Crippen molar-refractivity contribution in [2.75, 3.05) is 0 Å². The highest BCUT2D eigenvalue weighted by molar-refractivity contribution is 5.83. The first kappa shape index (κ1) is 15.0. The normalized spacial score (nSPS) is 29.3. The third-order valence-electron chi connectivity index (χ3n) is 3.83. The number of carboxylic acids is 1. The summed E-state index contributed by atoms with van der Waals surface area (Å²) in [6.07, 6.45) is 2.76. The first-order chi connectivity index (χ1) is 8.27. The van der Waals surface area contributed by atoms with Gasteiger partial charge in [-0.2, -0.15) is 0 Å². The summed E-state index contributed by atoms with van der Waals surface area (Å²) >= 11 is 0. The van der Waals surface area contributed by atoms with Crippen molar-refractivity contribution in [3.63, 3.8) is 0 Å². The van der Waals surface area contributed by atoms with Crippen molar-refractivity contribution >= 4 is 11.9 Å². The van der Waals surface area contributed by atoms with E-state index in [1.165, 1.54) is 0 Å². The van der Waals surface area contributed by atoms with E-state index in [2.05, 4.69) is 5.32 Å². The van der Waals surface area contributed by atoms with Gasteiger partial charge in [0.1, 0.15) is 0 Å². The van der Waals surface area contributed by atoms with Crippen LogP contribution in [0, 0.1) is 11.3 Å². The van der Waals surface area contributed by atoms with E-state index in [4.69, 9.17) is 5.73 Å². The molecule has 1 aliphatic rings. The van der Waals surface area contributed by atoms with Crippen LogP contribution >= 0.6 is 0 Å². The van der Waals surface area contributed by atoms with Crippen molar-refractivity contribution in [1.29, 1.82) is 0 Å². The fourth-order valence-electron chi connectivity index (χ4n) is 2.55. The average Bonchev–Trinajstić information content (AvgIpc) is 2.60. The van der Waals surface area contributed by atoms with Crippen LogP contribution in [-0.2, 0) is 9.59 Å². The Labute approximate surface area is 108 Å². The van der Waals surface area contributed by atoms with Crippen molar-refractivity contribution in [1.82, 2.24) is 5.32 Å². The van der Waals surface area contributed by atoms with Gasteiger partial charge in [-0.15, -0.1) is 0 Å². The summed E-state index contributed by atoms with van der Waals surface area (Å²) < 4.78 is 0. The van der Waals surface area contributed by atoms with Crippen molar-refractivity contribution in [2.24, 2.45) is 17.1 Å². The number of aliphatic carboxylic acids is 1. The number of amides is 1. The minimum absolute atomic E-state index is 0.233. The van der Waals surface area contributed by atoms with Gasteiger partial charge in [0.05, 0.1) is 11.5 Å². The van der Waals surface area contributed by atoms with Crippen LogP contribution < -0.4 is 11.1 Å². The number of hydrogen-bond acceptors (Lipinski definition) is 3. The van der Waals surface area contributed by atoms with Crippen molar-refractivity contribution in [3.8, 4) is 0 Å². The summed E-state index contributed by atoms with van der Waals surface area (Å²) in [6.45, 7) is 5.70. The summed E-state index contributed by atoms with van der Waals surface area (Å²) in [5.74, 6) is -0.731. The molecule has 1 aliphatic carbocycles. The Bertz CT molecular complexity index is 330. The van der Waals surface area contributed by atoms with Gasteiger partial charge in [-0.25, -0.2) is 0 Å². The predicted molar refractivity (Wildman–Crippen MR) is 69.0 cm³/mol. The maximum Gasteiger partial charge on any atom is 0.311 e. The molecule has 0 aliphatic heterocycles. The molecule has 0 radical (unpaired) electrons. The van der Waals surface area contributed by atoms with Crippen molar-refractivity contribution in [2.45, 2.75) is 58.5 Å². The van der Waals surface area contributed by atoms with Gasteiger partial charge in [0.25, 0.3) is 0 Å². The molecule has 3 atom stereocenters. The first-order valence-electron chi connectivity index (χ1n) is 6.56. The largest absolute Gasteiger partial charge is 0.481 e. The van der Waals surface area contributed by atoms with E-state index in [1.807, 2.05) is 13.8 Å². The topological polar surface area (TPSA) is 92.4 Å². The van der Waals surface area contributed by atoms with E-state index in [1.54, 1.807) is 6.92 Å². The quantitative estimate of drug-likeness (QED) is 0.687. The van der Waals surface area contributed by atoms with E-state index in [9.17, 15) is 14.7 Å². The van der Waals surface area contributed by atoms with Crippen molar-refractivity contribution in [3.05, 3.63) is 0 Å². The predicted octanol–water partition coefficient (Wildman–Crippen LogP) is 1.12. The number of rotatable bonds is 5. The van der Waals surface area contributed by atoms with Gasteiger partial charge in [-0.3, -0.25) is 9.59 Å². The van der Waals surface area contributed by atoms with Gasteiger partial charge in [0, 0.05) is 6.04 Å². The summed E-state index contributed by atoms with van der Waals surface area (Å²) in [5.41, 5.74) is 4.95. The van der Waals surface area contributed by atoms with Crippen LogP contribution in [0.4, 0.5) is 0 Å². The van der Waals surface area contributed by atoms with Gasteiger partial charge >= 0.3 is 5.97 Å². The molecule has 0 bridgehead atoms. The molecular formula is C13H24N2O3. The number of carbonyl (C=O) groups excluding carboxylic acids is 1. The van der Waals surface area contributed by atoms with Crippen LogP contribution in [0.1, 0.15) is 46.5 Å². The fraction of sp³-hybridized carbons (Fsp3) is 0.846. The number of nitrogens with one attached hydrogen (secondary N) is 1. The molecule has 0 aromatic heterocycles. The molecule has 18 heavy (non-hydrogen) atoms. The van der Waals surface area contributed by atoms with Crippen LogP contribution in [0.2, 0.25) is 0 Å². The number of carbonyl (C=O) groups is 2. The third-order valence-corrected chi connectivity index (χ3v) is 3.83. The Morgan fingerprint density at radius 3 is 2.61 bits per heavy atom. The van der Waals surface area contributed by atoms with Gasteiger partial charge in [-0.1, -0.05) is 20.3 Å². The summed E-state index contributed by atoms with van der Waals surface area (Å²) in [5, 5.41) is 12.1. The van der Waals surface area contributed by atoms with Crippen LogP contribution in [0.25, 0.3) is 0 Å². The number of carboxylic acid groups (broad SMARTS) is 1. The molecule has 0 saturated heterocycles. The minimum atomic E-state index is -0.854. The summed E-state index contributed by atoms with van der Waals surface area (Å²) in [7, 11) is 0. The van der Waals surface area contributed by atoms with Crippen LogP contribution in [0.5, 0.6) is 0 Å². The molecule has 0 aromatic rings. The molecule has 2 unspecified atom stereocenters. The molecule has 104 valence electrons. The molecule has 5 heteroatoms. The number of hydrogen-bond donors (Lipinski definition) is 3. The smallest absolute Gasteiger partial charge is 0.311 e. The van der Waals surface area contributed by atoms with E-state index < -0.39 is 17.4 Å². The molecule has 1 saturated carbocycles. The molecular weight excluding hydrogens is 232 g/mol. The maximum atomic E-state index is 11.9. The Morgan fingerprint density at radius 1 is 1.50 bits per heavy atom. The Balaban J connectivity index is 2.61. The molecule has 0 spiro atoms. The lowest BCUT2D eigenvalue weighted by atomic mass is 9.84. The lowest BCUT2D eigenvalue weighted by Crippen LogP contribution is -2.52. The second-order valence-electron chi connectivity index (χ2n) is 5.91. The van der Waals surface area contributed by atoms with Gasteiger partial charge in [0.15, 0.2) is 0 Å². The molecule has 1 amide bonds. The zero-order chi connectivity index (χ0) is 13.9. The van der Waals surface area contributed by atoms with Crippen LogP contribution in [0.15, 0.2) is 0 Å². The average molecular weight is 256 g/mol. The molecule has 0 heterocycles. The highest BCUT2D eigenvalue weighted by atomic mass is 16.4. The molecule has 5 nitrogen and oxygen atoms in total. The summed E-state index contributed by atoms with van der Waals surface area (Å²) in [6, 6.07) is -0.857. The Kier molecular flexibility index (Phi) is 4.73. The monoisotopic (exact) mass is 256 g/mol. The zero-order valence-electron chi connectivity index (χ0n) is 11.4. The third kappa shape index (κ3) is 3.22. The number of nitrogens with two attached hydrogens (primary N) is 1. The minimum Gasteiger partial charge on any atom is -0.481 e. The first-order valence-corrected chi connectivity index (χ1v) is 6.56. The van der Waals surface area contributed by atoms with Gasteiger partial charge < -0.3 is 16.2 Å². The van der Waals surface area contributed by atoms with Crippen molar-refractivity contribution < 1.29 is 14.7 Å². The Hall–Kier alpha value is -1.10. The van der Waals surface area contributed by atoms with Crippen LogP contribution in [-0.4, -0.2) is 29.1 Å². The lowest BCUT2D eigenvalue weighted by molar-refractivity contribution is -0.149. The molecule has 0 aromatic carbocycles. The van der Waals surface area contributed by atoms with E-state index in [-0.39, 0.29) is 11.9 Å². The SMILES string of the molecule is CC(C)C[C@H](N)C(=O)NC1CCCC1(C)C(=O)O. The van der Waals surface area contributed by atoms with E-state index in [0.29, 0.717) is 25.2 Å². The molecule has 4 N–H and O–H groups in total. The van der Waals surface area contributed by atoms with Gasteiger partial charge in [0.2, 0.25) is 5.91 Å². The highest BCUT2D eigenvalue weighted by Gasteiger charge is 2.46. The lowest BCUT2D eigenvalue weighted by Gasteiger charge is -2.29. The van der Waals surface area contributed by atoms with Gasteiger partial charge in [-0.05, 0) is 32.1 Å². The summed E-state index contributed by atoms with van der Waals surface area (Å²) in [4.78, 5) is 23.2. The Morgan fingerprint density at radius 2 is 2.11 bits per heavy atom. The highest BCUT2D eigenvalue weighted by Crippen LogP contribution is 2.38. The van der Waals surface area contributed by atoms with E-state index in [0.717, 1.165) is 6.42 Å². The van der Waals surface area contributed by atoms with E-state index >= 15 is 0 Å². The second-order valence-corrected chi connectivity index (χ2v) is 5.91.